The number of hydrogen-bond acceptors (Lipinski definition) is 5. The van der Waals surface area contributed by atoms with Gasteiger partial charge in [0.1, 0.15) is 12.4 Å². The molecule has 0 radical (unpaired) electrons. The Morgan fingerprint density at radius 3 is 2.56 bits per heavy atom. The molecule has 2 aromatic carbocycles. The number of amides is 1. The molecule has 1 aromatic heterocycles. The smallest absolute Gasteiger partial charge is 0.339 e. The van der Waals surface area contributed by atoms with Gasteiger partial charge >= 0.3 is 5.97 Å². The molecule has 1 heterocycles. The van der Waals surface area contributed by atoms with Crippen LogP contribution in [0, 0.1) is 0 Å². The summed E-state index contributed by atoms with van der Waals surface area (Å²) in [5, 5.41) is 3.15. The lowest BCUT2D eigenvalue weighted by Crippen LogP contribution is -2.32. The molecule has 0 aliphatic rings. The third-order valence-electron chi connectivity index (χ3n) is 3.74. The Kier molecular flexibility index (Phi) is 5.84. The number of para-hydroxylation sites is 2. The van der Waals surface area contributed by atoms with E-state index in [1.54, 1.807) is 24.3 Å². The summed E-state index contributed by atoms with van der Waals surface area (Å²) in [5.74, 6) is -0.471. The molecule has 0 atom stereocenters. The van der Waals surface area contributed by atoms with Gasteiger partial charge in [0.2, 0.25) is 5.56 Å². The van der Waals surface area contributed by atoms with Gasteiger partial charge < -0.3 is 19.8 Å². The number of aromatic nitrogens is 1. The second-order valence-electron chi connectivity index (χ2n) is 5.68. The largest absolute Gasteiger partial charge is 0.492 e. The van der Waals surface area contributed by atoms with Crippen molar-refractivity contribution in [2.45, 2.75) is 0 Å². The molecular formula is C20H18N2O5. The number of aromatic amines is 1. The maximum absolute atomic E-state index is 12.3. The van der Waals surface area contributed by atoms with Crippen LogP contribution in [0.2, 0.25) is 0 Å². The van der Waals surface area contributed by atoms with Gasteiger partial charge in [0, 0.05) is 17.0 Å². The van der Waals surface area contributed by atoms with Gasteiger partial charge in [-0.1, -0.05) is 36.4 Å². The van der Waals surface area contributed by atoms with Gasteiger partial charge in [-0.25, -0.2) is 4.79 Å². The number of benzene rings is 2. The predicted molar refractivity (Wildman–Crippen MR) is 99.8 cm³/mol. The number of fused-ring (bicyclic) bond motifs is 1. The van der Waals surface area contributed by atoms with E-state index in [9.17, 15) is 14.4 Å². The summed E-state index contributed by atoms with van der Waals surface area (Å²) in [4.78, 5) is 38.4. The molecular weight excluding hydrogens is 348 g/mol. The minimum Gasteiger partial charge on any atom is -0.492 e. The Morgan fingerprint density at radius 1 is 1.00 bits per heavy atom. The van der Waals surface area contributed by atoms with Crippen molar-refractivity contribution in [3.63, 3.8) is 0 Å². The van der Waals surface area contributed by atoms with Gasteiger partial charge in [-0.2, -0.15) is 0 Å². The number of nitrogens with one attached hydrogen (secondary N) is 2. The molecule has 27 heavy (non-hydrogen) atoms. The molecule has 0 fully saturated rings. The SMILES string of the molecule is O=C(COC(=O)c1cc(=O)[nH]c2ccccc12)NCCOc1ccccc1. The molecule has 0 aliphatic carbocycles. The Bertz CT molecular complexity index is 998. The van der Waals surface area contributed by atoms with E-state index < -0.39 is 24.0 Å². The molecule has 138 valence electrons. The molecule has 0 bridgehead atoms. The standard InChI is InChI=1S/C20H18N2O5/c23-18-12-16(15-8-4-5-9-17(15)22-18)20(25)27-13-19(24)21-10-11-26-14-6-2-1-3-7-14/h1-9,12H,10-11,13H2,(H,21,24)(H,22,23). The third-order valence-corrected chi connectivity index (χ3v) is 3.74. The van der Waals surface area contributed by atoms with Crippen LogP contribution < -0.4 is 15.6 Å². The Balaban J connectivity index is 1.49. The van der Waals surface area contributed by atoms with Gasteiger partial charge in [-0.15, -0.1) is 0 Å². The van der Waals surface area contributed by atoms with E-state index in [-0.39, 0.29) is 12.1 Å². The van der Waals surface area contributed by atoms with E-state index in [1.807, 2.05) is 30.3 Å². The number of carbonyl (C=O) groups is 2. The average Bonchev–Trinajstić information content (AvgIpc) is 2.69. The van der Waals surface area contributed by atoms with Gasteiger partial charge in [-0.05, 0) is 18.2 Å². The second kappa shape index (κ2) is 8.66. The van der Waals surface area contributed by atoms with Crippen molar-refractivity contribution in [2.24, 2.45) is 0 Å². The summed E-state index contributed by atoms with van der Waals surface area (Å²) in [6, 6.07) is 17.3. The highest BCUT2D eigenvalue weighted by atomic mass is 16.5. The fourth-order valence-corrected chi connectivity index (χ4v) is 2.51. The third kappa shape index (κ3) is 4.94. The van der Waals surface area contributed by atoms with Crippen LogP contribution in [0.15, 0.2) is 65.5 Å². The van der Waals surface area contributed by atoms with E-state index >= 15 is 0 Å². The van der Waals surface area contributed by atoms with E-state index in [0.717, 1.165) is 6.07 Å². The minimum absolute atomic E-state index is 0.120. The van der Waals surface area contributed by atoms with Crippen LogP contribution in [0.3, 0.4) is 0 Å². The first kappa shape index (κ1) is 18.2. The van der Waals surface area contributed by atoms with E-state index in [4.69, 9.17) is 9.47 Å². The molecule has 0 spiro atoms. The lowest BCUT2D eigenvalue weighted by molar-refractivity contribution is -0.124. The number of ether oxygens (including phenoxy) is 2. The summed E-state index contributed by atoms with van der Waals surface area (Å²) in [5.41, 5.74) is 0.234. The van der Waals surface area contributed by atoms with E-state index in [2.05, 4.69) is 10.3 Å². The summed E-state index contributed by atoms with van der Waals surface area (Å²) in [6.45, 7) is 0.132. The van der Waals surface area contributed by atoms with Crippen molar-refractivity contribution < 1.29 is 19.1 Å². The van der Waals surface area contributed by atoms with Gasteiger partial charge in [-0.3, -0.25) is 9.59 Å². The molecule has 7 nitrogen and oxygen atoms in total. The second-order valence-corrected chi connectivity index (χ2v) is 5.68. The highest BCUT2D eigenvalue weighted by Gasteiger charge is 2.14. The van der Waals surface area contributed by atoms with Gasteiger partial charge in [0.15, 0.2) is 6.61 Å². The number of carbonyl (C=O) groups excluding carboxylic acids is 2. The molecule has 1 amide bonds. The lowest BCUT2D eigenvalue weighted by Gasteiger charge is -2.09. The van der Waals surface area contributed by atoms with E-state index in [1.165, 1.54) is 0 Å². The lowest BCUT2D eigenvalue weighted by atomic mass is 10.1. The fourth-order valence-electron chi connectivity index (χ4n) is 2.51. The topological polar surface area (TPSA) is 97.5 Å². The maximum Gasteiger partial charge on any atom is 0.339 e. The monoisotopic (exact) mass is 366 g/mol. The molecule has 2 N–H and O–H groups in total. The zero-order valence-corrected chi connectivity index (χ0v) is 14.4. The minimum atomic E-state index is -0.729. The van der Waals surface area contributed by atoms with Crippen LogP contribution in [-0.4, -0.2) is 36.6 Å². The van der Waals surface area contributed by atoms with Crippen molar-refractivity contribution in [2.75, 3.05) is 19.8 Å². The number of pyridine rings is 1. The first-order valence-corrected chi connectivity index (χ1v) is 8.37. The van der Waals surface area contributed by atoms with Crippen LogP contribution in [0.5, 0.6) is 5.75 Å². The van der Waals surface area contributed by atoms with Crippen LogP contribution in [0.25, 0.3) is 10.9 Å². The number of esters is 1. The Morgan fingerprint density at radius 2 is 1.74 bits per heavy atom. The zero-order valence-electron chi connectivity index (χ0n) is 14.4. The first-order valence-electron chi connectivity index (χ1n) is 8.37. The molecule has 3 aromatic rings. The fraction of sp³-hybridized carbons (Fsp3) is 0.150. The summed E-state index contributed by atoms with van der Waals surface area (Å²) < 4.78 is 10.5. The summed E-state index contributed by atoms with van der Waals surface area (Å²) >= 11 is 0. The summed E-state index contributed by atoms with van der Waals surface area (Å²) in [6.07, 6.45) is 0. The molecule has 0 unspecified atom stereocenters. The van der Waals surface area contributed by atoms with Crippen molar-refractivity contribution in [1.82, 2.24) is 10.3 Å². The molecule has 3 rings (SSSR count). The number of hydrogen-bond donors (Lipinski definition) is 2. The maximum atomic E-state index is 12.3. The van der Waals surface area contributed by atoms with Crippen LogP contribution in [0.1, 0.15) is 10.4 Å². The zero-order chi connectivity index (χ0) is 19.1. The van der Waals surface area contributed by atoms with Crippen LogP contribution in [0.4, 0.5) is 0 Å². The first-order chi connectivity index (χ1) is 13.1. The molecule has 7 heteroatoms. The normalized spacial score (nSPS) is 10.4. The van der Waals surface area contributed by atoms with Gasteiger partial charge in [0.25, 0.3) is 5.91 Å². The molecule has 0 aliphatic heterocycles. The number of H-pyrrole nitrogens is 1. The van der Waals surface area contributed by atoms with Crippen LogP contribution in [-0.2, 0) is 9.53 Å². The van der Waals surface area contributed by atoms with Crippen molar-refractivity contribution in [3.8, 4) is 5.75 Å². The Hall–Kier alpha value is -3.61. The Labute approximate surface area is 154 Å². The van der Waals surface area contributed by atoms with Crippen molar-refractivity contribution >= 4 is 22.8 Å². The van der Waals surface area contributed by atoms with Crippen molar-refractivity contribution in [3.05, 3.63) is 76.6 Å². The van der Waals surface area contributed by atoms with E-state index in [0.29, 0.717) is 23.3 Å². The summed E-state index contributed by atoms with van der Waals surface area (Å²) in [7, 11) is 0. The number of rotatable bonds is 7. The van der Waals surface area contributed by atoms with Gasteiger partial charge in [0.05, 0.1) is 12.1 Å². The van der Waals surface area contributed by atoms with Crippen LogP contribution >= 0.6 is 0 Å². The van der Waals surface area contributed by atoms with Crippen molar-refractivity contribution in [1.29, 1.82) is 0 Å². The molecule has 0 saturated carbocycles. The predicted octanol–water partition coefficient (Wildman–Crippen LogP) is 1.88. The highest BCUT2D eigenvalue weighted by molar-refractivity contribution is 6.03. The quantitative estimate of drug-likeness (QED) is 0.491. The average molecular weight is 366 g/mol. The molecule has 0 saturated heterocycles. The highest BCUT2D eigenvalue weighted by Crippen LogP contribution is 2.15.